The first kappa shape index (κ1) is 23.7. The van der Waals surface area contributed by atoms with Crippen molar-refractivity contribution in [2.24, 2.45) is 0 Å². The summed E-state index contributed by atoms with van der Waals surface area (Å²) in [5.74, 6) is 1.87. The Balaban J connectivity index is 0.000000369. The number of para-hydroxylation sites is 2. The zero-order valence-corrected chi connectivity index (χ0v) is 15.5. The average molecular weight is 381 g/mol. The van der Waals surface area contributed by atoms with E-state index in [1.165, 1.54) is 4.88 Å². The average Bonchev–Trinajstić information content (AvgIpc) is 3.20. The third-order valence-electron chi connectivity index (χ3n) is 2.93. The van der Waals surface area contributed by atoms with Crippen molar-refractivity contribution in [1.82, 2.24) is 0 Å². The van der Waals surface area contributed by atoms with Crippen LogP contribution in [0.1, 0.15) is 32.1 Å². The van der Waals surface area contributed by atoms with Crippen LogP contribution in [0.4, 0.5) is 0 Å². The Morgan fingerprint density at radius 1 is 0.741 bits per heavy atom. The molecule has 0 saturated carbocycles. The maximum atomic E-state index is 8.05. The van der Waals surface area contributed by atoms with Gasteiger partial charge in [0, 0.05) is 4.88 Å². The molecule has 0 unspecified atom stereocenters. The van der Waals surface area contributed by atoms with Gasteiger partial charge in [-0.2, -0.15) is 0 Å². The number of thiophene rings is 1. The van der Waals surface area contributed by atoms with Gasteiger partial charge in [0.1, 0.15) is 11.5 Å². The number of rotatable bonds is 3. The van der Waals surface area contributed by atoms with Crippen molar-refractivity contribution in [3.05, 3.63) is 83.1 Å². The first-order chi connectivity index (χ1) is 12.7. The van der Waals surface area contributed by atoms with Gasteiger partial charge in [-0.3, -0.25) is 0 Å². The molecule has 0 aliphatic rings. The van der Waals surface area contributed by atoms with E-state index in [1.807, 2.05) is 47.7 Å². The molecule has 0 spiro atoms. The van der Waals surface area contributed by atoms with Gasteiger partial charge in [0.2, 0.25) is 0 Å². The Hall–Kier alpha value is -3.28. The van der Waals surface area contributed by atoms with E-state index in [2.05, 4.69) is 40.8 Å². The van der Waals surface area contributed by atoms with Crippen molar-refractivity contribution in [1.29, 1.82) is 10.5 Å². The molecule has 0 aliphatic heterocycles. The van der Waals surface area contributed by atoms with Gasteiger partial charge in [0.15, 0.2) is 0 Å². The van der Waals surface area contributed by atoms with Crippen molar-refractivity contribution < 1.29 is 9.47 Å². The van der Waals surface area contributed by atoms with Crippen LogP contribution in [0.2, 0.25) is 0 Å². The minimum absolute atomic E-state index is 0. The lowest BCUT2D eigenvalue weighted by molar-refractivity contribution is 0.507. The Morgan fingerprint density at radius 2 is 1.19 bits per heavy atom. The number of benzene rings is 2. The van der Waals surface area contributed by atoms with Gasteiger partial charge < -0.3 is 9.47 Å². The molecule has 0 fully saturated rings. The monoisotopic (exact) mass is 380 g/mol. The number of nitriles is 2. The van der Waals surface area contributed by atoms with Crippen molar-refractivity contribution in [2.75, 3.05) is 0 Å². The molecule has 2 aromatic carbocycles. The quantitative estimate of drug-likeness (QED) is 0.480. The van der Waals surface area contributed by atoms with E-state index in [4.69, 9.17) is 10.5 Å². The summed E-state index contributed by atoms with van der Waals surface area (Å²) >= 11 is 1.83. The number of nitrogens with zero attached hydrogens (tertiary/aromatic N) is 2. The van der Waals surface area contributed by atoms with Crippen LogP contribution in [0.5, 0.6) is 11.5 Å². The van der Waals surface area contributed by atoms with Crippen molar-refractivity contribution in [3.63, 3.8) is 0 Å². The summed E-state index contributed by atoms with van der Waals surface area (Å²) in [6.45, 7) is 4.43. The third kappa shape index (κ3) is 11.0. The number of hydrogen-bond donors (Lipinski definition) is 0. The van der Waals surface area contributed by atoms with E-state index < -0.39 is 0 Å². The zero-order valence-electron chi connectivity index (χ0n) is 14.7. The Bertz CT molecular complexity index is 738. The summed E-state index contributed by atoms with van der Waals surface area (Å²) in [5.41, 5.74) is 0. The highest BCUT2D eigenvalue weighted by atomic mass is 32.1. The zero-order chi connectivity index (χ0) is 19.0. The molecule has 3 aromatic rings. The van der Waals surface area contributed by atoms with E-state index in [0.29, 0.717) is 17.4 Å². The number of ether oxygens (including phenoxy) is 2. The van der Waals surface area contributed by atoms with Gasteiger partial charge in [-0.25, -0.2) is 0 Å². The second kappa shape index (κ2) is 15.0. The minimum Gasteiger partial charge on any atom is -0.388 e. The lowest BCUT2D eigenvalue weighted by atomic mass is 10.2. The summed E-state index contributed by atoms with van der Waals surface area (Å²) < 4.78 is 9.02. The third-order valence-corrected chi connectivity index (χ3v) is 4.10. The SMILES string of the molecule is C.CC(C)c1cccs1.N#COc1ccccc1.N#COc1ccccc1. The van der Waals surface area contributed by atoms with Crippen LogP contribution in [0.15, 0.2) is 78.2 Å². The lowest BCUT2D eigenvalue weighted by Gasteiger charge is -1.95. The van der Waals surface area contributed by atoms with Gasteiger partial charge in [-0.15, -0.1) is 21.9 Å². The molecule has 140 valence electrons. The summed E-state index contributed by atoms with van der Waals surface area (Å²) in [7, 11) is 0. The molecule has 0 N–H and O–H groups in total. The van der Waals surface area contributed by atoms with Gasteiger partial charge in [0.05, 0.1) is 0 Å². The van der Waals surface area contributed by atoms with Crippen molar-refractivity contribution in [3.8, 4) is 24.0 Å². The molecule has 0 radical (unpaired) electrons. The second-order valence-corrected chi connectivity index (χ2v) is 6.16. The van der Waals surface area contributed by atoms with Gasteiger partial charge in [0.25, 0.3) is 12.5 Å². The summed E-state index contributed by atoms with van der Waals surface area (Å²) in [4.78, 5) is 1.48. The Morgan fingerprint density at radius 3 is 1.44 bits per heavy atom. The molecule has 27 heavy (non-hydrogen) atoms. The molecule has 4 nitrogen and oxygen atoms in total. The van der Waals surface area contributed by atoms with Crippen LogP contribution in [-0.4, -0.2) is 0 Å². The normalized spacial score (nSPS) is 8.33. The van der Waals surface area contributed by atoms with Crippen LogP contribution in [0, 0.1) is 23.0 Å². The molecular weight excluding hydrogens is 356 g/mol. The van der Waals surface area contributed by atoms with Gasteiger partial charge in [-0.1, -0.05) is 63.7 Å². The summed E-state index contributed by atoms with van der Waals surface area (Å²) in [6.07, 6.45) is 3.17. The fraction of sp³-hybridized carbons (Fsp3) is 0.182. The Labute approximate surface area is 165 Å². The minimum atomic E-state index is 0. The van der Waals surface area contributed by atoms with Crippen molar-refractivity contribution >= 4 is 11.3 Å². The standard InChI is InChI=1S/2C7H5NO.C7H10S.CH4/c2*8-6-9-7-4-2-1-3-5-7;1-6(2)7-4-3-5-8-7;/h2*1-5H;3-6H,1-2H3;1H4. The maximum Gasteiger partial charge on any atom is 0.292 e. The largest absolute Gasteiger partial charge is 0.388 e. The highest BCUT2D eigenvalue weighted by Crippen LogP contribution is 2.18. The van der Waals surface area contributed by atoms with Gasteiger partial charge >= 0.3 is 0 Å². The molecule has 1 aromatic heterocycles. The van der Waals surface area contributed by atoms with E-state index in [0.717, 1.165) is 0 Å². The van der Waals surface area contributed by atoms with Crippen LogP contribution in [0.25, 0.3) is 0 Å². The van der Waals surface area contributed by atoms with Crippen molar-refractivity contribution in [2.45, 2.75) is 27.2 Å². The molecular formula is C22H24N2O2S. The highest BCUT2D eigenvalue weighted by Gasteiger charge is 1.95. The van der Waals surface area contributed by atoms with Crippen LogP contribution in [-0.2, 0) is 0 Å². The van der Waals surface area contributed by atoms with E-state index in [-0.39, 0.29) is 7.43 Å². The topological polar surface area (TPSA) is 66.0 Å². The molecule has 5 heteroatoms. The van der Waals surface area contributed by atoms with Crippen LogP contribution < -0.4 is 9.47 Å². The number of hydrogen-bond acceptors (Lipinski definition) is 5. The molecule has 0 atom stereocenters. The molecule has 1 heterocycles. The lowest BCUT2D eigenvalue weighted by Crippen LogP contribution is -1.78. The van der Waals surface area contributed by atoms with E-state index >= 15 is 0 Å². The second-order valence-electron chi connectivity index (χ2n) is 5.18. The van der Waals surface area contributed by atoms with Gasteiger partial charge in [-0.05, 0) is 41.6 Å². The molecule has 0 bridgehead atoms. The predicted octanol–water partition coefficient (Wildman–Crippen LogP) is 6.60. The summed E-state index contributed by atoms with van der Waals surface area (Å²) in [5, 5.41) is 18.2. The highest BCUT2D eigenvalue weighted by molar-refractivity contribution is 7.10. The first-order valence-corrected chi connectivity index (χ1v) is 8.80. The van der Waals surface area contributed by atoms with E-state index in [1.54, 1.807) is 36.8 Å². The maximum absolute atomic E-state index is 8.05. The Kier molecular flexibility index (Phi) is 13.2. The van der Waals surface area contributed by atoms with Crippen LogP contribution >= 0.6 is 11.3 Å². The van der Waals surface area contributed by atoms with E-state index in [9.17, 15) is 0 Å². The summed E-state index contributed by atoms with van der Waals surface area (Å²) in [6, 6.07) is 22.2. The smallest absolute Gasteiger partial charge is 0.292 e. The molecule has 3 rings (SSSR count). The predicted molar refractivity (Wildman–Crippen MR) is 111 cm³/mol. The molecule has 0 aliphatic carbocycles. The molecule has 0 amide bonds. The first-order valence-electron chi connectivity index (χ1n) is 7.92. The van der Waals surface area contributed by atoms with Crippen LogP contribution in [0.3, 0.4) is 0 Å². The fourth-order valence-corrected chi connectivity index (χ4v) is 2.45. The molecule has 0 saturated heterocycles. The fourth-order valence-electron chi connectivity index (χ4n) is 1.70.